The molecule has 0 saturated heterocycles. The third-order valence-corrected chi connectivity index (χ3v) is 2.58. The fraction of sp³-hybridized carbons (Fsp3) is 0.250. The van der Waals surface area contributed by atoms with Crippen LogP contribution in [0.5, 0.6) is 0 Å². The number of amides is 1. The van der Waals surface area contributed by atoms with Gasteiger partial charge in [-0.1, -0.05) is 13.0 Å². The highest BCUT2D eigenvalue weighted by molar-refractivity contribution is 5.92. The molecule has 0 aliphatic heterocycles. The van der Waals surface area contributed by atoms with Crippen LogP contribution < -0.4 is 10.9 Å². The van der Waals surface area contributed by atoms with E-state index in [1.54, 1.807) is 24.5 Å². The molecule has 0 radical (unpaired) electrons. The minimum Gasteiger partial charge on any atom is -0.347 e. The van der Waals surface area contributed by atoms with Crippen LogP contribution in [0.25, 0.3) is 0 Å². The van der Waals surface area contributed by atoms with Crippen molar-refractivity contribution in [2.45, 2.75) is 19.4 Å². The van der Waals surface area contributed by atoms with Gasteiger partial charge in [0.15, 0.2) is 0 Å². The summed E-state index contributed by atoms with van der Waals surface area (Å²) in [6.45, 7) is 1.95. The van der Waals surface area contributed by atoms with Crippen molar-refractivity contribution in [3.8, 4) is 0 Å². The predicted octanol–water partition coefficient (Wildman–Crippen LogP) is 0.979. The first-order valence-electron chi connectivity index (χ1n) is 5.70. The molecule has 18 heavy (non-hydrogen) atoms. The summed E-state index contributed by atoms with van der Waals surface area (Å²) in [5.74, 6) is 0.375. The summed E-state index contributed by atoms with van der Waals surface area (Å²) < 4.78 is 0. The molecule has 0 aliphatic carbocycles. The average molecular weight is 246 g/mol. The smallest absolute Gasteiger partial charge is 0.268 e. The number of H-pyrrole nitrogens is 2. The molecule has 1 unspecified atom stereocenters. The van der Waals surface area contributed by atoms with E-state index in [-0.39, 0.29) is 23.2 Å². The number of imidazole rings is 1. The van der Waals surface area contributed by atoms with Crippen molar-refractivity contribution in [1.82, 2.24) is 20.3 Å². The van der Waals surface area contributed by atoms with E-state index in [0.29, 0.717) is 12.2 Å². The molecular weight excluding hydrogens is 232 g/mol. The van der Waals surface area contributed by atoms with E-state index < -0.39 is 0 Å². The van der Waals surface area contributed by atoms with Crippen LogP contribution in [0.1, 0.15) is 35.7 Å². The number of nitrogens with one attached hydrogen (secondary N) is 3. The first-order valence-corrected chi connectivity index (χ1v) is 5.70. The lowest BCUT2D eigenvalue weighted by Gasteiger charge is -2.14. The summed E-state index contributed by atoms with van der Waals surface area (Å²) in [5, 5.41) is 2.81. The molecule has 3 N–H and O–H groups in total. The van der Waals surface area contributed by atoms with Crippen molar-refractivity contribution in [2.24, 2.45) is 0 Å². The number of carbonyl (C=O) groups excluding carboxylic acids is 1. The third kappa shape index (κ3) is 2.65. The molecule has 0 fully saturated rings. The lowest BCUT2D eigenvalue weighted by molar-refractivity contribution is 0.0928. The van der Waals surface area contributed by atoms with Crippen molar-refractivity contribution in [1.29, 1.82) is 0 Å². The Kier molecular flexibility index (Phi) is 3.57. The van der Waals surface area contributed by atoms with Crippen LogP contribution >= 0.6 is 0 Å². The van der Waals surface area contributed by atoms with Crippen LogP contribution in [-0.2, 0) is 0 Å². The Morgan fingerprint density at radius 3 is 2.94 bits per heavy atom. The largest absolute Gasteiger partial charge is 0.347 e. The van der Waals surface area contributed by atoms with Gasteiger partial charge < -0.3 is 15.3 Å². The standard InChI is InChI=1S/C12H14N4O2/c1-2-8(11-13-6-7-14-11)16-12(18)9-4-3-5-10(17)15-9/h3-8H,2H2,1H3,(H,13,14)(H,15,17)(H,16,18). The second-order valence-corrected chi connectivity index (χ2v) is 3.84. The number of aromatic amines is 2. The maximum Gasteiger partial charge on any atom is 0.268 e. The van der Waals surface area contributed by atoms with Crippen molar-refractivity contribution in [3.63, 3.8) is 0 Å². The summed E-state index contributed by atoms with van der Waals surface area (Å²) in [5.41, 5.74) is -0.0544. The number of pyridine rings is 1. The monoisotopic (exact) mass is 246 g/mol. The van der Waals surface area contributed by atoms with E-state index in [1.165, 1.54) is 6.07 Å². The lowest BCUT2D eigenvalue weighted by Crippen LogP contribution is -2.30. The SMILES string of the molecule is CCC(NC(=O)c1cccc(=O)[nH]1)c1ncc[nH]1. The summed E-state index contributed by atoms with van der Waals surface area (Å²) in [6.07, 6.45) is 4.04. The van der Waals surface area contributed by atoms with Gasteiger partial charge in [0.1, 0.15) is 11.5 Å². The van der Waals surface area contributed by atoms with Gasteiger partial charge in [-0.3, -0.25) is 9.59 Å². The van der Waals surface area contributed by atoms with Gasteiger partial charge in [-0.15, -0.1) is 0 Å². The molecule has 0 saturated carbocycles. The van der Waals surface area contributed by atoms with Gasteiger partial charge in [0.05, 0.1) is 6.04 Å². The Bertz CT molecular complexity index is 574. The minimum atomic E-state index is -0.323. The van der Waals surface area contributed by atoms with Gasteiger partial charge in [0, 0.05) is 18.5 Å². The molecule has 2 aromatic heterocycles. The van der Waals surface area contributed by atoms with Crippen LogP contribution in [0.2, 0.25) is 0 Å². The molecule has 2 rings (SSSR count). The van der Waals surface area contributed by atoms with E-state index in [2.05, 4.69) is 20.3 Å². The maximum atomic E-state index is 11.9. The molecular formula is C12H14N4O2. The Morgan fingerprint density at radius 1 is 1.50 bits per heavy atom. The topological polar surface area (TPSA) is 90.6 Å². The highest BCUT2D eigenvalue weighted by atomic mass is 16.2. The fourth-order valence-corrected chi connectivity index (χ4v) is 1.65. The third-order valence-electron chi connectivity index (χ3n) is 2.58. The molecule has 0 spiro atoms. The minimum absolute atomic E-state index is 0.198. The number of hydrogen-bond acceptors (Lipinski definition) is 3. The molecule has 94 valence electrons. The van der Waals surface area contributed by atoms with Crippen molar-refractivity contribution in [2.75, 3.05) is 0 Å². The van der Waals surface area contributed by atoms with Gasteiger partial charge in [-0.2, -0.15) is 0 Å². The van der Waals surface area contributed by atoms with E-state index in [1.807, 2.05) is 6.92 Å². The Hall–Kier alpha value is -2.37. The zero-order chi connectivity index (χ0) is 13.0. The lowest BCUT2D eigenvalue weighted by atomic mass is 10.2. The number of carbonyl (C=O) groups is 1. The molecule has 0 aromatic carbocycles. The summed E-state index contributed by atoms with van der Waals surface area (Å²) in [7, 11) is 0. The van der Waals surface area contributed by atoms with Gasteiger partial charge in [0.2, 0.25) is 5.56 Å². The number of hydrogen-bond donors (Lipinski definition) is 3. The number of nitrogens with zero attached hydrogens (tertiary/aromatic N) is 1. The second-order valence-electron chi connectivity index (χ2n) is 3.84. The Balaban J connectivity index is 2.13. The van der Waals surface area contributed by atoms with Crippen LogP contribution in [0, 0.1) is 0 Å². The quantitative estimate of drug-likeness (QED) is 0.751. The molecule has 1 amide bonds. The van der Waals surface area contributed by atoms with E-state index >= 15 is 0 Å². The molecule has 0 bridgehead atoms. The predicted molar refractivity (Wildman–Crippen MR) is 66.1 cm³/mol. The molecule has 1 atom stereocenters. The number of aromatic nitrogens is 3. The van der Waals surface area contributed by atoms with Gasteiger partial charge in [-0.05, 0) is 12.5 Å². The summed E-state index contributed by atoms with van der Waals surface area (Å²) in [4.78, 5) is 32.6. The number of rotatable bonds is 4. The highest BCUT2D eigenvalue weighted by Crippen LogP contribution is 2.11. The maximum absolute atomic E-state index is 11.9. The van der Waals surface area contributed by atoms with Crippen molar-refractivity contribution in [3.05, 3.63) is 52.5 Å². The first-order chi connectivity index (χ1) is 8.70. The van der Waals surface area contributed by atoms with Gasteiger partial charge >= 0.3 is 0 Å². The van der Waals surface area contributed by atoms with E-state index in [0.717, 1.165) is 0 Å². The van der Waals surface area contributed by atoms with Crippen LogP contribution in [-0.4, -0.2) is 20.9 Å². The normalized spacial score (nSPS) is 12.1. The van der Waals surface area contributed by atoms with Crippen molar-refractivity contribution >= 4 is 5.91 Å². The van der Waals surface area contributed by atoms with Crippen LogP contribution in [0.15, 0.2) is 35.4 Å². The summed E-state index contributed by atoms with van der Waals surface area (Å²) >= 11 is 0. The molecule has 2 heterocycles. The average Bonchev–Trinajstić information content (AvgIpc) is 2.89. The fourth-order valence-electron chi connectivity index (χ4n) is 1.65. The zero-order valence-electron chi connectivity index (χ0n) is 9.93. The van der Waals surface area contributed by atoms with E-state index in [4.69, 9.17) is 0 Å². The molecule has 6 heteroatoms. The molecule has 0 aliphatic rings. The van der Waals surface area contributed by atoms with Crippen molar-refractivity contribution < 1.29 is 4.79 Å². The first kappa shape index (κ1) is 12.1. The van der Waals surface area contributed by atoms with Gasteiger partial charge in [-0.25, -0.2) is 4.98 Å². The van der Waals surface area contributed by atoms with Crippen LogP contribution in [0.4, 0.5) is 0 Å². The van der Waals surface area contributed by atoms with Gasteiger partial charge in [0.25, 0.3) is 5.91 Å². The Labute approximate surface area is 103 Å². The van der Waals surface area contributed by atoms with Crippen LogP contribution in [0.3, 0.4) is 0 Å². The summed E-state index contributed by atoms with van der Waals surface area (Å²) in [6, 6.07) is 4.27. The molecule has 6 nitrogen and oxygen atoms in total. The van der Waals surface area contributed by atoms with E-state index in [9.17, 15) is 9.59 Å². The second kappa shape index (κ2) is 5.31. The highest BCUT2D eigenvalue weighted by Gasteiger charge is 2.16. The molecule has 2 aromatic rings. The Morgan fingerprint density at radius 2 is 2.33 bits per heavy atom. The zero-order valence-corrected chi connectivity index (χ0v) is 9.93.